The van der Waals surface area contributed by atoms with Crippen LogP contribution in [-0.4, -0.2) is 41.8 Å². The van der Waals surface area contributed by atoms with E-state index in [9.17, 15) is 4.79 Å². The minimum Gasteiger partial charge on any atom is -0.464 e. The van der Waals surface area contributed by atoms with Crippen LogP contribution in [0.2, 0.25) is 0 Å². The van der Waals surface area contributed by atoms with Gasteiger partial charge in [0.2, 0.25) is 0 Å². The van der Waals surface area contributed by atoms with Gasteiger partial charge in [0.05, 0.1) is 26.0 Å². The number of carbonyl (C=O) groups is 1. The van der Waals surface area contributed by atoms with Gasteiger partial charge in [0.15, 0.2) is 5.69 Å². The number of aromatic nitrogens is 3. The number of esters is 1. The third-order valence-electron chi connectivity index (χ3n) is 3.21. The van der Waals surface area contributed by atoms with Crippen LogP contribution < -0.4 is 0 Å². The van der Waals surface area contributed by atoms with Gasteiger partial charge in [-0.25, -0.2) is 9.48 Å². The molecule has 0 unspecified atom stereocenters. The van der Waals surface area contributed by atoms with Crippen LogP contribution in [0.15, 0.2) is 24.3 Å². The van der Waals surface area contributed by atoms with Gasteiger partial charge in [0.25, 0.3) is 0 Å². The van der Waals surface area contributed by atoms with Crippen molar-refractivity contribution in [2.24, 2.45) is 0 Å². The number of aryl methyl sites for hydroxylation is 1. The SMILES string of the molecule is COCCc1c(C(=O)OC)nnn1Cc1ccc(C)cc1. The zero-order valence-electron chi connectivity index (χ0n) is 12.5. The molecule has 0 atom stereocenters. The molecule has 0 N–H and O–H groups in total. The molecule has 0 spiro atoms. The van der Waals surface area contributed by atoms with Gasteiger partial charge in [-0.3, -0.25) is 0 Å². The zero-order chi connectivity index (χ0) is 15.2. The topological polar surface area (TPSA) is 66.2 Å². The van der Waals surface area contributed by atoms with Gasteiger partial charge in [-0.15, -0.1) is 5.10 Å². The van der Waals surface area contributed by atoms with Gasteiger partial charge in [0, 0.05) is 13.5 Å². The van der Waals surface area contributed by atoms with E-state index in [4.69, 9.17) is 9.47 Å². The molecule has 0 saturated heterocycles. The van der Waals surface area contributed by atoms with Crippen LogP contribution in [0.5, 0.6) is 0 Å². The first-order valence-electron chi connectivity index (χ1n) is 6.71. The van der Waals surface area contributed by atoms with Crippen molar-refractivity contribution in [3.8, 4) is 0 Å². The Bertz CT molecular complexity index is 605. The lowest BCUT2D eigenvalue weighted by molar-refractivity contribution is 0.0592. The Balaban J connectivity index is 2.27. The Morgan fingerprint density at radius 1 is 1.24 bits per heavy atom. The Labute approximate surface area is 123 Å². The fraction of sp³-hybridized carbons (Fsp3) is 0.400. The summed E-state index contributed by atoms with van der Waals surface area (Å²) >= 11 is 0. The average Bonchev–Trinajstić information content (AvgIpc) is 2.89. The quantitative estimate of drug-likeness (QED) is 0.756. The first kappa shape index (κ1) is 15.2. The van der Waals surface area contributed by atoms with Crippen LogP contribution in [0.1, 0.15) is 27.3 Å². The maximum atomic E-state index is 11.7. The number of carbonyl (C=O) groups excluding carboxylic acids is 1. The highest BCUT2D eigenvalue weighted by Gasteiger charge is 2.20. The van der Waals surface area contributed by atoms with Gasteiger partial charge < -0.3 is 9.47 Å². The Morgan fingerprint density at radius 3 is 2.57 bits per heavy atom. The van der Waals surface area contributed by atoms with E-state index in [1.54, 1.807) is 11.8 Å². The number of hydrogen-bond donors (Lipinski definition) is 0. The Hall–Kier alpha value is -2.21. The molecule has 6 heteroatoms. The second kappa shape index (κ2) is 6.99. The lowest BCUT2D eigenvalue weighted by Gasteiger charge is -2.07. The molecular weight excluding hydrogens is 270 g/mol. The summed E-state index contributed by atoms with van der Waals surface area (Å²) in [5.74, 6) is -0.476. The normalized spacial score (nSPS) is 10.6. The maximum Gasteiger partial charge on any atom is 0.360 e. The molecule has 2 aromatic rings. The molecule has 0 aliphatic carbocycles. The number of ether oxygens (including phenoxy) is 2. The van der Waals surface area contributed by atoms with Crippen molar-refractivity contribution in [1.29, 1.82) is 0 Å². The smallest absolute Gasteiger partial charge is 0.360 e. The molecule has 1 aromatic carbocycles. The lowest BCUT2D eigenvalue weighted by Crippen LogP contribution is -2.12. The van der Waals surface area contributed by atoms with Crippen molar-refractivity contribution in [3.05, 3.63) is 46.8 Å². The van der Waals surface area contributed by atoms with Crippen molar-refractivity contribution in [2.75, 3.05) is 20.8 Å². The summed E-state index contributed by atoms with van der Waals surface area (Å²) in [6, 6.07) is 8.16. The number of nitrogens with zero attached hydrogens (tertiary/aromatic N) is 3. The standard InChI is InChI=1S/C15H19N3O3/c1-11-4-6-12(7-5-11)10-18-13(8-9-20-2)14(16-17-18)15(19)21-3/h4-7H,8-10H2,1-3H3. The highest BCUT2D eigenvalue weighted by Crippen LogP contribution is 2.12. The predicted molar refractivity (Wildman–Crippen MR) is 77.2 cm³/mol. The summed E-state index contributed by atoms with van der Waals surface area (Å²) in [5, 5.41) is 8.00. The zero-order valence-corrected chi connectivity index (χ0v) is 12.5. The van der Waals surface area contributed by atoms with Crippen molar-refractivity contribution in [3.63, 3.8) is 0 Å². The summed E-state index contributed by atoms with van der Waals surface area (Å²) in [5.41, 5.74) is 3.28. The lowest BCUT2D eigenvalue weighted by atomic mass is 10.1. The van der Waals surface area contributed by atoms with Crippen molar-refractivity contribution >= 4 is 5.97 Å². The molecule has 0 radical (unpaired) electrons. The number of rotatable bonds is 6. The average molecular weight is 289 g/mol. The predicted octanol–water partition coefficient (Wildman–Crippen LogP) is 1.61. The molecule has 1 heterocycles. The van der Waals surface area contributed by atoms with Gasteiger partial charge in [-0.1, -0.05) is 35.0 Å². The first-order chi connectivity index (χ1) is 10.2. The molecule has 6 nitrogen and oxygen atoms in total. The molecule has 0 amide bonds. The summed E-state index contributed by atoms with van der Waals surface area (Å²) in [7, 11) is 2.95. The maximum absolute atomic E-state index is 11.7. The van der Waals surface area contributed by atoms with Crippen LogP contribution >= 0.6 is 0 Å². The molecule has 0 bridgehead atoms. The highest BCUT2D eigenvalue weighted by atomic mass is 16.5. The van der Waals surface area contributed by atoms with Crippen LogP contribution in [0.3, 0.4) is 0 Å². The number of methoxy groups -OCH3 is 2. The number of hydrogen-bond acceptors (Lipinski definition) is 5. The van der Waals surface area contributed by atoms with Crippen LogP contribution in [0.25, 0.3) is 0 Å². The second-order valence-electron chi connectivity index (χ2n) is 4.76. The van der Waals surface area contributed by atoms with Gasteiger partial charge >= 0.3 is 5.97 Å². The molecule has 112 valence electrons. The van der Waals surface area contributed by atoms with E-state index < -0.39 is 5.97 Å². The molecule has 0 aliphatic heterocycles. The van der Waals surface area contributed by atoms with Crippen molar-refractivity contribution < 1.29 is 14.3 Å². The summed E-state index contributed by atoms with van der Waals surface area (Å²) in [6.07, 6.45) is 0.555. The fourth-order valence-corrected chi connectivity index (χ4v) is 2.03. The van der Waals surface area contributed by atoms with Crippen LogP contribution in [0, 0.1) is 6.92 Å². The summed E-state index contributed by atoms with van der Waals surface area (Å²) in [4.78, 5) is 11.7. The van der Waals surface area contributed by atoms with E-state index in [0.717, 1.165) is 11.3 Å². The van der Waals surface area contributed by atoms with Gasteiger partial charge in [-0.05, 0) is 12.5 Å². The van der Waals surface area contributed by atoms with Gasteiger partial charge in [-0.2, -0.15) is 0 Å². The molecule has 0 saturated carbocycles. The van der Waals surface area contributed by atoms with Crippen LogP contribution in [0.4, 0.5) is 0 Å². The van der Waals surface area contributed by atoms with E-state index in [2.05, 4.69) is 10.3 Å². The molecule has 2 rings (SSSR count). The minimum absolute atomic E-state index is 0.252. The Morgan fingerprint density at radius 2 is 1.95 bits per heavy atom. The summed E-state index contributed by atoms with van der Waals surface area (Å²) < 4.78 is 11.5. The fourth-order valence-electron chi connectivity index (χ4n) is 2.03. The molecular formula is C15H19N3O3. The molecule has 0 fully saturated rings. The third-order valence-corrected chi connectivity index (χ3v) is 3.21. The third kappa shape index (κ3) is 3.66. The number of benzene rings is 1. The van der Waals surface area contributed by atoms with E-state index >= 15 is 0 Å². The van der Waals surface area contributed by atoms with Crippen molar-refractivity contribution in [1.82, 2.24) is 15.0 Å². The van der Waals surface area contributed by atoms with E-state index in [-0.39, 0.29) is 5.69 Å². The molecule has 1 aromatic heterocycles. The largest absolute Gasteiger partial charge is 0.464 e. The highest BCUT2D eigenvalue weighted by molar-refractivity contribution is 5.88. The summed E-state index contributed by atoms with van der Waals surface area (Å²) in [6.45, 7) is 3.09. The molecule has 0 aliphatic rings. The van der Waals surface area contributed by atoms with E-state index in [1.807, 2.05) is 31.2 Å². The first-order valence-corrected chi connectivity index (χ1v) is 6.71. The Kier molecular flexibility index (Phi) is 5.05. The van der Waals surface area contributed by atoms with E-state index in [0.29, 0.717) is 19.6 Å². The van der Waals surface area contributed by atoms with Crippen molar-refractivity contribution in [2.45, 2.75) is 19.9 Å². The van der Waals surface area contributed by atoms with E-state index in [1.165, 1.54) is 12.7 Å². The van der Waals surface area contributed by atoms with Crippen LogP contribution in [-0.2, 0) is 22.4 Å². The second-order valence-corrected chi connectivity index (χ2v) is 4.76. The minimum atomic E-state index is -0.476. The monoisotopic (exact) mass is 289 g/mol. The van der Waals surface area contributed by atoms with Gasteiger partial charge in [0.1, 0.15) is 0 Å². The molecule has 21 heavy (non-hydrogen) atoms.